The normalized spacial score (nSPS) is 21.5. The van der Waals surface area contributed by atoms with E-state index in [0.29, 0.717) is 0 Å². The Hall–Kier alpha value is -1.84. The summed E-state index contributed by atoms with van der Waals surface area (Å²) in [7, 11) is 0. The van der Waals surface area contributed by atoms with Gasteiger partial charge < -0.3 is 10.6 Å². The third-order valence-corrected chi connectivity index (χ3v) is 5.40. The minimum absolute atomic E-state index is 0.00718. The van der Waals surface area contributed by atoms with Crippen molar-refractivity contribution in [2.45, 2.75) is 72.8 Å². The molecule has 0 aliphatic heterocycles. The first kappa shape index (κ1) is 19.5. The molecule has 1 fully saturated rings. The van der Waals surface area contributed by atoms with E-state index in [4.69, 9.17) is 0 Å². The zero-order valence-electron chi connectivity index (χ0n) is 16.2. The number of hydrogen-bond donors (Lipinski definition) is 2. The highest BCUT2D eigenvalue weighted by molar-refractivity contribution is 5.94. The van der Waals surface area contributed by atoms with Crippen molar-refractivity contribution < 1.29 is 9.59 Å². The largest absolute Gasteiger partial charge is 0.353 e. The average Bonchev–Trinajstić information content (AvgIpc) is 2.57. The number of benzene rings is 1. The summed E-state index contributed by atoms with van der Waals surface area (Å²) in [5, 5.41) is 6.19. The molecule has 4 nitrogen and oxygen atoms in total. The Morgan fingerprint density at radius 1 is 1.00 bits per heavy atom. The van der Waals surface area contributed by atoms with Gasteiger partial charge in [0.1, 0.15) is 0 Å². The van der Waals surface area contributed by atoms with Crippen LogP contribution in [0.5, 0.6) is 0 Å². The van der Waals surface area contributed by atoms with Crippen LogP contribution in [-0.2, 0) is 9.59 Å². The van der Waals surface area contributed by atoms with E-state index < -0.39 is 0 Å². The summed E-state index contributed by atoms with van der Waals surface area (Å²) in [6, 6.07) is 4.42. The molecule has 138 valence electrons. The van der Waals surface area contributed by atoms with Crippen molar-refractivity contribution in [1.29, 1.82) is 0 Å². The Balaban J connectivity index is 1.91. The van der Waals surface area contributed by atoms with Gasteiger partial charge in [0.15, 0.2) is 0 Å². The van der Waals surface area contributed by atoms with Crippen LogP contribution in [-0.4, -0.2) is 17.9 Å². The molecule has 4 heteroatoms. The molecule has 2 N–H and O–H groups in total. The van der Waals surface area contributed by atoms with Crippen LogP contribution in [0.1, 0.15) is 62.6 Å². The standard InChI is InChI=1S/C21H32N2O2/c1-6-16(5)22-20(24)17-7-9-18(10-8-17)21(25)23-19-14(3)11-13(2)12-15(19)4/h11-12,16-18H,6-10H2,1-5H3,(H,22,24)(H,23,25). The first-order valence-electron chi connectivity index (χ1n) is 9.50. The second-order valence-corrected chi connectivity index (χ2v) is 7.63. The summed E-state index contributed by atoms with van der Waals surface area (Å²) in [4.78, 5) is 24.9. The summed E-state index contributed by atoms with van der Waals surface area (Å²) in [6.45, 7) is 10.2. The molecule has 0 bridgehead atoms. The lowest BCUT2D eigenvalue weighted by Gasteiger charge is -2.28. The average molecular weight is 344 g/mol. The molecule has 1 atom stereocenters. The number of aryl methyl sites for hydroxylation is 3. The lowest BCUT2D eigenvalue weighted by atomic mass is 9.81. The number of amides is 2. The second-order valence-electron chi connectivity index (χ2n) is 7.63. The molecule has 0 heterocycles. The summed E-state index contributed by atoms with van der Waals surface area (Å²) < 4.78 is 0. The van der Waals surface area contributed by atoms with Gasteiger partial charge in [-0.2, -0.15) is 0 Å². The number of carbonyl (C=O) groups is 2. The van der Waals surface area contributed by atoms with Gasteiger partial charge in [0.2, 0.25) is 11.8 Å². The van der Waals surface area contributed by atoms with Gasteiger partial charge in [-0.25, -0.2) is 0 Å². The fourth-order valence-corrected chi connectivity index (χ4v) is 3.68. The van der Waals surface area contributed by atoms with Gasteiger partial charge in [-0.3, -0.25) is 9.59 Å². The molecule has 25 heavy (non-hydrogen) atoms. The Morgan fingerprint density at radius 3 is 1.96 bits per heavy atom. The van der Waals surface area contributed by atoms with Gasteiger partial charge in [-0.05, 0) is 70.9 Å². The molecule has 0 aromatic heterocycles. The van der Waals surface area contributed by atoms with Crippen molar-refractivity contribution in [2.75, 3.05) is 5.32 Å². The molecule has 2 amide bonds. The second kappa shape index (κ2) is 8.50. The third-order valence-electron chi connectivity index (χ3n) is 5.40. The van der Waals surface area contributed by atoms with Crippen LogP contribution >= 0.6 is 0 Å². The fraction of sp³-hybridized carbons (Fsp3) is 0.619. The van der Waals surface area contributed by atoms with Gasteiger partial charge in [0.25, 0.3) is 0 Å². The minimum atomic E-state index is 0.00718. The predicted octanol–water partition coefficient (Wildman–Crippen LogP) is 4.27. The first-order chi connectivity index (χ1) is 11.8. The van der Waals surface area contributed by atoms with E-state index >= 15 is 0 Å². The first-order valence-corrected chi connectivity index (χ1v) is 9.50. The van der Waals surface area contributed by atoms with Crippen LogP contribution in [0.4, 0.5) is 5.69 Å². The van der Waals surface area contributed by atoms with Crippen LogP contribution in [0.3, 0.4) is 0 Å². The highest BCUT2D eigenvalue weighted by Crippen LogP contribution is 2.31. The van der Waals surface area contributed by atoms with Crippen LogP contribution in [0.2, 0.25) is 0 Å². The van der Waals surface area contributed by atoms with E-state index in [9.17, 15) is 9.59 Å². The van der Waals surface area contributed by atoms with Gasteiger partial charge in [0.05, 0.1) is 0 Å². The molecule has 0 saturated heterocycles. The Bertz CT molecular complexity index is 608. The highest BCUT2D eigenvalue weighted by Gasteiger charge is 2.30. The number of carbonyl (C=O) groups excluding carboxylic acids is 2. The van der Waals surface area contributed by atoms with E-state index in [1.807, 2.05) is 20.8 Å². The molecule has 1 aliphatic rings. The molecule has 0 spiro atoms. The molecule has 1 saturated carbocycles. The fourth-order valence-electron chi connectivity index (χ4n) is 3.68. The number of rotatable bonds is 5. The summed E-state index contributed by atoms with van der Waals surface area (Å²) in [5.41, 5.74) is 4.35. The van der Waals surface area contributed by atoms with E-state index in [-0.39, 0.29) is 29.7 Å². The maximum absolute atomic E-state index is 12.6. The Kier molecular flexibility index (Phi) is 6.63. The van der Waals surface area contributed by atoms with Crippen molar-refractivity contribution in [1.82, 2.24) is 5.32 Å². The topological polar surface area (TPSA) is 58.2 Å². The van der Waals surface area contributed by atoms with Crippen LogP contribution in [0, 0.1) is 32.6 Å². The Morgan fingerprint density at radius 2 is 1.48 bits per heavy atom. The SMILES string of the molecule is CCC(C)NC(=O)C1CCC(C(=O)Nc2c(C)cc(C)cc2C)CC1. The summed E-state index contributed by atoms with van der Waals surface area (Å²) >= 11 is 0. The van der Waals surface area contributed by atoms with Gasteiger partial charge in [-0.1, -0.05) is 24.6 Å². The van der Waals surface area contributed by atoms with Crippen molar-refractivity contribution in [2.24, 2.45) is 11.8 Å². The van der Waals surface area contributed by atoms with E-state index in [1.165, 1.54) is 5.56 Å². The molecular weight excluding hydrogens is 312 g/mol. The van der Waals surface area contributed by atoms with Crippen molar-refractivity contribution in [3.63, 3.8) is 0 Å². The number of anilines is 1. The molecule has 0 radical (unpaired) electrons. The van der Waals surface area contributed by atoms with Gasteiger partial charge in [-0.15, -0.1) is 0 Å². The van der Waals surface area contributed by atoms with Crippen molar-refractivity contribution in [3.05, 3.63) is 28.8 Å². The molecule has 1 aliphatic carbocycles. The summed E-state index contributed by atoms with van der Waals surface area (Å²) in [5.74, 6) is 0.308. The van der Waals surface area contributed by atoms with E-state index in [2.05, 4.69) is 36.6 Å². The zero-order valence-corrected chi connectivity index (χ0v) is 16.2. The Labute approximate surface area is 151 Å². The van der Waals surface area contributed by atoms with E-state index in [0.717, 1.165) is 48.9 Å². The smallest absolute Gasteiger partial charge is 0.227 e. The van der Waals surface area contributed by atoms with Crippen LogP contribution in [0.25, 0.3) is 0 Å². The van der Waals surface area contributed by atoms with Crippen LogP contribution < -0.4 is 10.6 Å². The van der Waals surface area contributed by atoms with Gasteiger partial charge in [0, 0.05) is 23.6 Å². The number of nitrogens with one attached hydrogen (secondary N) is 2. The number of hydrogen-bond acceptors (Lipinski definition) is 2. The van der Waals surface area contributed by atoms with Crippen molar-refractivity contribution >= 4 is 17.5 Å². The lowest BCUT2D eigenvalue weighted by Crippen LogP contribution is -2.39. The zero-order chi connectivity index (χ0) is 18.6. The van der Waals surface area contributed by atoms with E-state index in [1.54, 1.807) is 0 Å². The quantitative estimate of drug-likeness (QED) is 0.838. The minimum Gasteiger partial charge on any atom is -0.353 e. The maximum atomic E-state index is 12.6. The molecule has 1 aromatic carbocycles. The van der Waals surface area contributed by atoms with Gasteiger partial charge >= 0.3 is 0 Å². The highest BCUT2D eigenvalue weighted by atomic mass is 16.2. The maximum Gasteiger partial charge on any atom is 0.227 e. The summed E-state index contributed by atoms with van der Waals surface area (Å²) in [6.07, 6.45) is 4.11. The lowest BCUT2D eigenvalue weighted by molar-refractivity contribution is -0.129. The molecule has 1 aromatic rings. The third kappa shape index (κ3) is 5.07. The molecule has 2 rings (SSSR count). The van der Waals surface area contributed by atoms with Crippen LogP contribution in [0.15, 0.2) is 12.1 Å². The molecular formula is C21H32N2O2. The molecule has 1 unspecified atom stereocenters. The van der Waals surface area contributed by atoms with Crippen molar-refractivity contribution in [3.8, 4) is 0 Å². The predicted molar refractivity (Wildman–Crippen MR) is 103 cm³/mol. The monoisotopic (exact) mass is 344 g/mol.